The molecule has 0 bridgehead atoms. The molecule has 0 unspecified atom stereocenters. The van der Waals surface area contributed by atoms with Crippen LogP contribution in [0.15, 0.2) is 49.1 Å². The van der Waals surface area contributed by atoms with Crippen LogP contribution in [0.2, 0.25) is 36.3 Å². The maximum atomic E-state index is 7.00. The molecule has 0 radical (unpaired) electrons. The van der Waals surface area contributed by atoms with Crippen molar-refractivity contribution in [3.8, 4) is 0 Å². The standard InChI is InChI=1S/C32H45N5O3Si2/c1-31(2,3)41(7,8)38-18-25-24(40-42(9,10)32(4,5)6)17-26(39-25)37-19-33-28-29(37)34-20-36-23-16-15-21-13-11-12-14-22(21)27(23)35-30(28)36/h11-16,19-20,24-26H,17-18H2,1-10H3/t24-,25+,26+/m0/s1. The second-order valence-corrected chi connectivity index (χ2v) is 24.4. The molecule has 10 heteroatoms. The maximum Gasteiger partial charge on any atom is 0.192 e. The predicted molar refractivity (Wildman–Crippen MR) is 175 cm³/mol. The predicted octanol–water partition coefficient (Wildman–Crippen LogP) is 8.09. The monoisotopic (exact) mass is 603 g/mol. The number of ether oxygens (including phenoxy) is 1. The van der Waals surface area contributed by atoms with Crippen LogP contribution in [-0.4, -0.2) is 59.4 Å². The molecule has 6 rings (SSSR count). The second kappa shape index (κ2) is 9.95. The van der Waals surface area contributed by atoms with Crippen molar-refractivity contribution < 1.29 is 13.6 Å². The van der Waals surface area contributed by atoms with Gasteiger partial charge in [-0.3, -0.25) is 8.97 Å². The van der Waals surface area contributed by atoms with Gasteiger partial charge >= 0.3 is 0 Å². The Kier molecular flexibility index (Phi) is 6.97. The van der Waals surface area contributed by atoms with Gasteiger partial charge in [0.1, 0.15) is 18.7 Å². The van der Waals surface area contributed by atoms with Gasteiger partial charge in [-0.1, -0.05) is 71.9 Å². The molecule has 4 heterocycles. The molecule has 0 amide bonds. The first-order chi connectivity index (χ1) is 19.6. The van der Waals surface area contributed by atoms with E-state index in [9.17, 15) is 0 Å². The van der Waals surface area contributed by atoms with Gasteiger partial charge in [-0.15, -0.1) is 0 Å². The van der Waals surface area contributed by atoms with E-state index < -0.39 is 16.6 Å². The molecule has 3 aromatic heterocycles. The molecule has 8 nitrogen and oxygen atoms in total. The van der Waals surface area contributed by atoms with Gasteiger partial charge in [0.15, 0.2) is 33.4 Å². The first kappa shape index (κ1) is 29.4. The van der Waals surface area contributed by atoms with Gasteiger partial charge in [0.2, 0.25) is 0 Å². The van der Waals surface area contributed by atoms with Crippen molar-refractivity contribution in [2.24, 2.45) is 0 Å². The third-order valence-corrected chi connectivity index (χ3v) is 19.0. The molecule has 1 saturated heterocycles. The Morgan fingerprint density at radius 1 is 0.857 bits per heavy atom. The van der Waals surface area contributed by atoms with Crippen LogP contribution >= 0.6 is 0 Å². The van der Waals surface area contributed by atoms with E-state index in [0.29, 0.717) is 6.61 Å². The summed E-state index contributed by atoms with van der Waals surface area (Å²) in [7, 11) is -4.01. The Hall–Kier alpha value is -2.64. The minimum Gasteiger partial charge on any atom is -0.414 e. The molecule has 1 fully saturated rings. The van der Waals surface area contributed by atoms with Crippen LogP contribution in [0.3, 0.4) is 0 Å². The zero-order valence-corrected chi connectivity index (χ0v) is 28.7. The molecule has 5 aromatic rings. The highest BCUT2D eigenvalue weighted by Gasteiger charge is 2.47. The summed E-state index contributed by atoms with van der Waals surface area (Å²) in [6, 6.07) is 12.6. The summed E-state index contributed by atoms with van der Waals surface area (Å²) in [4.78, 5) is 14.8. The highest BCUT2D eigenvalue weighted by molar-refractivity contribution is 6.74. The van der Waals surface area contributed by atoms with Gasteiger partial charge in [-0.05, 0) is 47.7 Å². The molecule has 42 heavy (non-hydrogen) atoms. The number of fused-ring (bicyclic) bond motifs is 7. The number of hydrogen-bond acceptors (Lipinski definition) is 6. The van der Waals surface area contributed by atoms with Crippen LogP contribution in [0.25, 0.3) is 38.6 Å². The zero-order valence-electron chi connectivity index (χ0n) is 26.7. The Morgan fingerprint density at radius 3 is 2.29 bits per heavy atom. The maximum absolute atomic E-state index is 7.00. The van der Waals surface area contributed by atoms with Crippen LogP contribution in [0.1, 0.15) is 54.2 Å². The summed E-state index contributed by atoms with van der Waals surface area (Å²) in [6.45, 7) is 23.4. The first-order valence-electron chi connectivity index (χ1n) is 15.1. The molecule has 224 valence electrons. The number of imidazole rings is 2. The lowest BCUT2D eigenvalue weighted by Gasteiger charge is -2.40. The molecular formula is C32H45N5O3Si2. The van der Waals surface area contributed by atoms with E-state index in [1.54, 1.807) is 0 Å². The largest absolute Gasteiger partial charge is 0.414 e. The molecule has 3 atom stereocenters. The van der Waals surface area contributed by atoms with E-state index >= 15 is 0 Å². The molecule has 2 aromatic carbocycles. The topological polar surface area (TPSA) is 75.7 Å². The molecule has 0 aliphatic carbocycles. The lowest BCUT2D eigenvalue weighted by molar-refractivity contribution is -0.0383. The Balaban J connectivity index is 1.36. The lowest BCUT2D eigenvalue weighted by Crippen LogP contribution is -2.48. The van der Waals surface area contributed by atoms with Crippen molar-refractivity contribution in [3.05, 3.63) is 49.1 Å². The van der Waals surface area contributed by atoms with Gasteiger partial charge < -0.3 is 13.6 Å². The fourth-order valence-electron chi connectivity index (χ4n) is 5.28. The second-order valence-electron chi connectivity index (χ2n) is 14.9. The zero-order chi connectivity index (χ0) is 30.2. The van der Waals surface area contributed by atoms with Gasteiger partial charge in [-0.2, -0.15) is 0 Å². The smallest absolute Gasteiger partial charge is 0.192 e. The SMILES string of the molecule is CC(C)(C)[Si](C)(C)OC[C@H]1O[C@@H](n2cnc3c2ncn2c4ccc5ccccc5c4nc32)C[C@@H]1O[Si](C)(C)C(C)(C)C. The third kappa shape index (κ3) is 4.90. The summed E-state index contributed by atoms with van der Waals surface area (Å²) < 4.78 is 24.5. The Labute approximate surface area is 250 Å². The molecule has 0 saturated carbocycles. The third-order valence-electron chi connectivity index (χ3n) is 10.0. The fraction of sp³-hybridized carbons (Fsp3) is 0.531. The fourth-order valence-corrected chi connectivity index (χ4v) is 7.66. The lowest BCUT2D eigenvalue weighted by atomic mass is 10.1. The van der Waals surface area contributed by atoms with Gasteiger partial charge in [-0.25, -0.2) is 15.0 Å². The highest BCUT2D eigenvalue weighted by Crippen LogP contribution is 2.43. The van der Waals surface area contributed by atoms with E-state index in [1.165, 1.54) is 5.39 Å². The van der Waals surface area contributed by atoms with Gasteiger partial charge in [0, 0.05) is 11.8 Å². The minimum absolute atomic E-state index is 0.0674. The average Bonchev–Trinajstić information content (AvgIpc) is 3.60. The minimum atomic E-state index is -2.05. The van der Waals surface area contributed by atoms with Crippen molar-refractivity contribution in [2.45, 2.75) is 103 Å². The molecule has 0 N–H and O–H groups in total. The van der Waals surface area contributed by atoms with Crippen LogP contribution in [0.4, 0.5) is 0 Å². The molecule has 1 aliphatic heterocycles. The van der Waals surface area contributed by atoms with Crippen LogP contribution in [0.5, 0.6) is 0 Å². The van der Waals surface area contributed by atoms with Crippen molar-refractivity contribution in [1.29, 1.82) is 0 Å². The van der Waals surface area contributed by atoms with E-state index in [2.05, 4.69) is 109 Å². The van der Waals surface area contributed by atoms with Crippen molar-refractivity contribution in [2.75, 3.05) is 6.61 Å². The Morgan fingerprint density at radius 2 is 1.57 bits per heavy atom. The van der Waals surface area contributed by atoms with E-state index in [0.717, 1.165) is 39.7 Å². The molecule has 0 spiro atoms. The number of hydrogen-bond donors (Lipinski definition) is 0. The normalized spacial score (nSPS) is 21.0. The van der Waals surface area contributed by atoms with Crippen molar-refractivity contribution >= 4 is 55.3 Å². The van der Waals surface area contributed by atoms with Crippen molar-refractivity contribution in [3.63, 3.8) is 0 Å². The summed E-state index contributed by atoms with van der Waals surface area (Å²) in [5.74, 6) is 0. The van der Waals surface area contributed by atoms with Gasteiger partial charge in [0.05, 0.1) is 30.1 Å². The first-order valence-corrected chi connectivity index (χ1v) is 20.9. The van der Waals surface area contributed by atoms with E-state index in [-0.39, 0.29) is 28.5 Å². The molecular weight excluding hydrogens is 559 g/mol. The van der Waals surface area contributed by atoms with Crippen LogP contribution in [-0.2, 0) is 13.6 Å². The summed E-state index contributed by atoms with van der Waals surface area (Å²) in [5, 5.41) is 2.51. The average molecular weight is 604 g/mol. The summed E-state index contributed by atoms with van der Waals surface area (Å²) >= 11 is 0. The number of rotatable bonds is 6. The number of benzene rings is 2. The van der Waals surface area contributed by atoms with Gasteiger partial charge in [0.25, 0.3) is 0 Å². The van der Waals surface area contributed by atoms with Crippen LogP contribution in [0, 0.1) is 0 Å². The number of nitrogens with zero attached hydrogens (tertiary/aromatic N) is 5. The summed E-state index contributed by atoms with van der Waals surface area (Å²) in [5.41, 5.74) is 4.32. The van der Waals surface area contributed by atoms with Crippen LogP contribution < -0.4 is 0 Å². The Bertz CT molecular complexity index is 1780. The highest BCUT2D eigenvalue weighted by atomic mass is 28.4. The van der Waals surface area contributed by atoms with E-state index in [1.807, 2.05) is 17.1 Å². The molecule has 1 aliphatic rings. The number of aromatic nitrogens is 5. The summed E-state index contributed by atoms with van der Waals surface area (Å²) in [6.07, 6.45) is 3.94. The quantitative estimate of drug-likeness (QED) is 0.183. The van der Waals surface area contributed by atoms with E-state index in [4.69, 9.17) is 28.5 Å². The van der Waals surface area contributed by atoms with Crippen molar-refractivity contribution in [1.82, 2.24) is 23.9 Å².